The number of benzene rings is 3. The molecule has 2 nitrogen and oxygen atoms in total. The molecule has 5 rings (SSSR count). The van der Waals surface area contributed by atoms with Crippen LogP contribution in [0.3, 0.4) is 0 Å². The Bertz CT molecular complexity index is 1070. The summed E-state index contributed by atoms with van der Waals surface area (Å²) in [4.78, 5) is 4.18. The highest BCUT2D eigenvalue weighted by Crippen LogP contribution is 2.50. The third-order valence-corrected chi connectivity index (χ3v) is 4.93. The number of rotatable bonds is 2. The number of hydrogen-bond donors (Lipinski definition) is 0. The third-order valence-electron chi connectivity index (χ3n) is 4.93. The van der Waals surface area contributed by atoms with E-state index in [0.717, 1.165) is 22.4 Å². The van der Waals surface area contributed by atoms with Gasteiger partial charge in [0.05, 0.1) is 12.0 Å². The molecule has 4 aromatic rings. The number of halogens is 1. The number of aromatic nitrogens is 2. The molecule has 25 heavy (non-hydrogen) atoms. The molecule has 0 amide bonds. The van der Waals surface area contributed by atoms with Crippen molar-refractivity contribution in [2.75, 3.05) is 0 Å². The van der Waals surface area contributed by atoms with E-state index in [4.69, 9.17) is 0 Å². The molecular formula is C22H15FN2. The first kappa shape index (κ1) is 14.2. The fourth-order valence-corrected chi connectivity index (χ4v) is 3.90. The summed E-state index contributed by atoms with van der Waals surface area (Å²) in [5.74, 6) is -0.290. The SMILES string of the molecule is Fc1ccccc1C1c2ccccc2-c2cccc(-n3ccnc3)c21. The number of hydrogen-bond acceptors (Lipinski definition) is 1. The Morgan fingerprint density at radius 2 is 1.56 bits per heavy atom. The van der Waals surface area contributed by atoms with Gasteiger partial charge in [-0.05, 0) is 39.9 Å². The molecule has 0 aliphatic heterocycles. The second-order valence-corrected chi connectivity index (χ2v) is 6.25. The van der Waals surface area contributed by atoms with Crippen molar-refractivity contribution in [1.29, 1.82) is 0 Å². The van der Waals surface area contributed by atoms with E-state index >= 15 is 0 Å². The lowest BCUT2D eigenvalue weighted by Gasteiger charge is -2.18. The highest BCUT2D eigenvalue weighted by molar-refractivity contribution is 5.83. The van der Waals surface area contributed by atoms with Crippen molar-refractivity contribution in [2.24, 2.45) is 0 Å². The van der Waals surface area contributed by atoms with Gasteiger partial charge >= 0.3 is 0 Å². The van der Waals surface area contributed by atoms with Crippen LogP contribution in [0.2, 0.25) is 0 Å². The fraction of sp³-hybridized carbons (Fsp3) is 0.0455. The molecule has 1 aliphatic carbocycles. The van der Waals surface area contributed by atoms with Crippen molar-refractivity contribution < 1.29 is 4.39 Å². The molecule has 0 saturated heterocycles. The van der Waals surface area contributed by atoms with Gasteiger partial charge in [0.25, 0.3) is 0 Å². The molecule has 0 spiro atoms. The lowest BCUT2D eigenvalue weighted by molar-refractivity contribution is 0.607. The molecule has 0 fully saturated rings. The zero-order valence-corrected chi connectivity index (χ0v) is 13.4. The number of fused-ring (bicyclic) bond motifs is 3. The molecular weight excluding hydrogens is 311 g/mol. The molecule has 1 aromatic heterocycles. The van der Waals surface area contributed by atoms with E-state index in [1.165, 1.54) is 11.6 Å². The molecule has 1 aliphatic rings. The first-order valence-corrected chi connectivity index (χ1v) is 8.29. The van der Waals surface area contributed by atoms with Crippen molar-refractivity contribution in [3.63, 3.8) is 0 Å². The zero-order valence-electron chi connectivity index (χ0n) is 13.4. The van der Waals surface area contributed by atoms with Gasteiger partial charge in [0.1, 0.15) is 5.82 Å². The van der Waals surface area contributed by atoms with Crippen LogP contribution in [0.15, 0.2) is 85.5 Å². The minimum absolute atomic E-state index is 0.119. The predicted octanol–water partition coefficient (Wildman–Crippen LogP) is 5.17. The van der Waals surface area contributed by atoms with Crippen LogP contribution in [-0.4, -0.2) is 9.55 Å². The summed E-state index contributed by atoms with van der Waals surface area (Å²) in [6, 6.07) is 21.6. The normalized spacial score (nSPS) is 15.0. The minimum atomic E-state index is -0.171. The molecule has 0 saturated carbocycles. The van der Waals surface area contributed by atoms with E-state index in [2.05, 4.69) is 35.3 Å². The molecule has 1 unspecified atom stereocenters. The van der Waals surface area contributed by atoms with Crippen LogP contribution >= 0.6 is 0 Å². The van der Waals surface area contributed by atoms with Crippen LogP contribution in [0.4, 0.5) is 4.39 Å². The van der Waals surface area contributed by atoms with Crippen LogP contribution < -0.4 is 0 Å². The Morgan fingerprint density at radius 3 is 2.36 bits per heavy atom. The van der Waals surface area contributed by atoms with E-state index in [1.807, 2.05) is 35.0 Å². The van der Waals surface area contributed by atoms with Gasteiger partial charge in [-0.3, -0.25) is 0 Å². The summed E-state index contributed by atoms with van der Waals surface area (Å²) in [6.45, 7) is 0. The van der Waals surface area contributed by atoms with E-state index < -0.39 is 0 Å². The fourth-order valence-electron chi connectivity index (χ4n) is 3.90. The maximum absolute atomic E-state index is 14.7. The molecule has 0 N–H and O–H groups in total. The largest absolute Gasteiger partial charge is 0.306 e. The molecule has 3 aromatic carbocycles. The number of imidazole rings is 1. The van der Waals surface area contributed by atoms with E-state index in [0.29, 0.717) is 5.56 Å². The maximum atomic E-state index is 14.7. The second-order valence-electron chi connectivity index (χ2n) is 6.25. The van der Waals surface area contributed by atoms with Gasteiger partial charge in [-0.25, -0.2) is 9.37 Å². The molecule has 1 heterocycles. The lowest BCUT2D eigenvalue weighted by Crippen LogP contribution is -2.06. The van der Waals surface area contributed by atoms with Gasteiger partial charge in [-0.15, -0.1) is 0 Å². The van der Waals surface area contributed by atoms with E-state index in [-0.39, 0.29) is 11.7 Å². The van der Waals surface area contributed by atoms with Crippen LogP contribution in [0, 0.1) is 5.82 Å². The van der Waals surface area contributed by atoms with Gasteiger partial charge in [-0.1, -0.05) is 54.6 Å². The minimum Gasteiger partial charge on any atom is -0.306 e. The smallest absolute Gasteiger partial charge is 0.127 e. The topological polar surface area (TPSA) is 17.8 Å². The molecule has 0 radical (unpaired) electrons. The van der Waals surface area contributed by atoms with Gasteiger partial charge in [0.15, 0.2) is 0 Å². The highest BCUT2D eigenvalue weighted by Gasteiger charge is 2.33. The van der Waals surface area contributed by atoms with Crippen molar-refractivity contribution in [3.05, 3.63) is 108 Å². The van der Waals surface area contributed by atoms with E-state index in [9.17, 15) is 4.39 Å². The average molecular weight is 326 g/mol. The summed E-state index contributed by atoms with van der Waals surface area (Å²) < 4.78 is 16.7. The van der Waals surface area contributed by atoms with Crippen molar-refractivity contribution in [2.45, 2.75) is 5.92 Å². The third kappa shape index (κ3) is 2.06. The van der Waals surface area contributed by atoms with Crippen LogP contribution in [-0.2, 0) is 0 Å². The lowest BCUT2D eigenvalue weighted by atomic mass is 9.88. The summed E-state index contributed by atoms with van der Waals surface area (Å²) in [7, 11) is 0. The average Bonchev–Trinajstić information content (AvgIpc) is 3.28. The first-order valence-electron chi connectivity index (χ1n) is 8.29. The van der Waals surface area contributed by atoms with Gasteiger partial charge in [-0.2, -0.15) is 0 Å². The molecule has 3 heteroatoms. The monoisotopic (exact) mass is 326 g/mol. The second kappa shape index (κ2) is 5.42. The van der Waals surface area contributed by atoms with E-state index in [1.54, 1.807) is 18.6 Å². The van der Waals surface area contributed by atoms with Gasteiger partial charge in [0, 0.05) is 18.3 Å². The Balaban J connectivity index is 1.86. The van der Waals surface area contributed by atoms with Crippen molar-refractivity contribution in [3.8, 4) is 16.8 Å². The number of nitrogens with zero attached hydrogens (tertiary/aromatic N) is 2. The van der Waals surface area contributed by atoms with Crippen LogP contribution in [0.5, 0.6) is 0 Å². The summed E-state index contributed by atoms with van der Waals surface area (Å²) in [5, 5.41) is 0. The molecule has 120 valence electrons. The van der Waals surface area contributed by atoms with Crippen LogP contribution in [0.1, 0.15) is 22.6 Å². The highest BCUT2D eigenvalue weighted by atomic mass is 19.1. The Labute approximate surface area is 145 Å². The summed E-state index contributed by atoms with van der Waals surface area (Å²) >= 11 is 0. The van der Waals surface area contributed by atoms with Crippen molar-refractivity contribution >= 4 is 0 Å². The molecule has 1 atom stereocenters. The Morgan fingerprint density at radius 1 is 0.800 bits per heavy atom. The van der Waals surface area contributed by atoms with Crippen molar-refractivity contribution in [1.82, 2.24) is 9.55 Å². The Kier molecular flexibility index (Phi) is 3.07. The summed E-state index contributed by atoms with van der Waals surface area (Å²) in [5.41, 5.74) is 6.37. The van der Waals surface area contributed by atoms with Gasteiger partial charge < -0.3 is 4.57 Å². The summed E-state index contributed by atoms with van der Waals surface area (Å²) in [6.07, 6.45) is 5.48. The standard InChI is InChI=1S/C22H15FN2/c23-19-10-4-3-8-18(19)21-16-7-2-1-6-15(16)17-9-5-11-20(22(17)21)25-13-12-24-14-25/h1-14,21H. The van der Waals surface area contributed by atoms with Crippen LogP contribution in [0.25, 0.3) is 16.8 Å². The first-order chi connectivity index (χ1) is 12.3. The Hall–Kier alpha value is -3.20. The maximum Gasteiger partial charge on any atom is 0.127 e. The zero-order chi connectivity index (χ0) is 16.8. The molecule has 0 bridgehead atoms. The van der Waals surface area contributed by atoms with Gasteiger partial charge in [0.2, 0.25) is 0 Å². The quantitative estimate of drug-likeness (QED) is 0.437. The predicted molar refractivity (Wildman–Crippen MR) is 96.3 cm³/mol.